The van der Waals surface area contributed by atoms with E-state index in [4.69, 9.17) is 4.98 Å². The van der Waals surface area contributed by atoms with E-state index in [1.165, 1.54) is 11.1 Å². The summed E-state index contributed by atoms with van der Waals surface area (Å²) in [6.07, 6.45) is 6.82. The summed E-state index contributed by atoms with van der Waals surface area (Å²) in [6, 6.07) is 8.42. The van der Waals surface area contributed by atoms with Crippen molar-refractivity contribution in [1.82, 2.24) is 4.98 Å². The second-order valence-corrected chi connectivity index (χ2v) is 11.7. The first kappa shape index (κ1) is 24.2. The number of hydrogen-bond donors (Lipinski definition) is 2. The zero-order valence-corrected chi connectivity index (χ0v) is 21.3. The zero-order valence-electron chi connectivity index (χ0n) is 21.3. The second-order valence-electron chi connectivity index (χ2n) is 11.7. The molecule has 0 radical (unpaired) electrons. The Morgan fingerprint density at radius 2 is 1.79 bits per heavy atom. The number of pyridine rings is 1. The number of aliphatic hydroxyl groups is 2. The van der Waals surface area contributed by atoms with Crippen LogP contribution in [0.15, 0.2) is 30.3 Å². The Morgan fingerprint density at radius 3 is 2.36 bits per heavy atom. The Balaban J connectivity index is 1.90. The van der Waals surface area contributed by atoms with Crippen LogP contribution in [-0.4, -0.2) is 15.2 Å². The van der Waals surface area contributed by atoms with Gasteiger partial charge in [0, 0.05) is 22.5 Å². The Kier molecular flexibility index (Phi) is 6.85. The van der Waals surface area contributed by atoms with Crippen LogP contribution in [0.2, 0.25) is 0 Å². The third-order valence-corrected chi connectivity index (χ3v) is 7.23. The van der Waals surface area contributed by atoms with E-state index in [0.717, 1.165) is 72.2 Å². The van der Waals surface area contributed by atoms with Crippen molar-refractivity contribution in [2.45, 2.75) is 98.2 Å². The van der Waals surface area contributed by atoms with Crippen molar-refractivity contribution >= 4 is 5.57 Å². The standard InChI is InChI=1S/C30H41NO2/c1-18(2)15-20-11-13-22(14-12-20)29(33)27-25(21-9-7-8-10-21)26-23(31-28(27)19(3)4)16-30(5,6)17-24(26)32/h9,11-14,18-19,24,29,32-33H,7-8,10,15-17H2,1-6H3. The first-order valence-corrected chi connectivity index (χ1v) is 12.8. The van der Waals surface area contributed by atoms with Gasteiger partial charge in [-0.1, -0.05) is 71.9 Å². The lowest BCUT2D eigenvalue weighted by molar-refractivity contribution is 0.0972. The van der Waals surface area contributed by atoms with Gasteiger partial charge < -0.3 is 10.2 Å². The van der Waals surface area contributed by atoms with Crippen molar-refractivity contribution in [2.24, 2.45) is 11.3 Å². The molecule has 3 nitrogen and oxygen atoms in total. The zero-order chi connectivity index (χ0) is 23.9. The highest BCUT2D eigenvalue weighted by Gasteiger charge is 2.38. The van der Waals surface area contributed by atoms with Crippen LogP contribution >= 0.6 is 0 Å². The molecular weight excluding hydrogens is 406 g/mol. The van der Waals surface area contributed by atoms with Crippen molar-refractivity contribution in [3.05, 3.63) is 69.5 Å². The lowest BCUT2D eigenvalue weighted by Gasteiger charge is -2.37. The topological polar surface area (TPSA) is 53.4 Å². The molecule has 178 valence electrons. The summed E-state index contributed by atoms with van der Waals surface area (Å²) in [4.78, 5) is 5.15. The molecule has 0 fully saturated rings. The molecule has 1 aromatic heterocycles. The predicted octanol–water partition coefficient (Wildman–Crippen LogP) is 7.06. The van der Waals surface area contributed by atoms with Gasteiger partial charge in [-0.25, -0.2) is 0 Å². The van der Waals surface area contributed by atoms with Gasteiger partial charge in [-0.05, 0) is 78.0 Å². The minimum atomic E-state index is -0.757. The molecule has 0 saturated carbocycles. The molecule has 33 heavy (non-hydrogen) atoms. The maximum atomic E-state index is 11.8. The van der Waals surface area contributed by atoms with Crippen LogP contribution in [0, 0.1) is 11.3 Å². The van der Waals surface area contributed by atoms with Crippen LogP contribution in [0.4, 0.5) is 0 Å². The van der Waals surface area contributed by atoms with Crippen LogP contribution in [-0.2, 0) is 12.8 Å². The number of hydrogen-bond acceptors (Lipinski definition) is 3. The monoisotopic (exact) mass is 447 g/mol. The van der Waals surface area contributed by atoms with E-state index >= 15 is 0 Å². The molecule has 2 atom stereocenters. The number of fused-ring (bicyclic) bond motifs is 1. The van der Waals surface area contributed by atoms with E-state index in [1.54, 1.807) is 0 Å². The maximum Gasteiger partial charge on any atom is 0.106 e. The molecule has 2 aliphatic carbocycles. The molecule has 2 unspecified atom stereocenters. The minimum Gasteiger partial charge on any atom is -0.388 e. The maximum absolute atomic E-state index is 11.8. The number of nitrogens with zero attached hydrogens (tertiary/aromatic N) is 1. The first-order chi connectivity index (χ1) is 15.6. The van der Waals surface area contributed by atoms with Crippen molar-refractivity contribution in [3.63, 3.8) is 0 Å². The number of rotatable bonds is 6. The molecule has 0 amide bonds. The van der Waals surface area contributed by atoms with E-state index in [-0.39, 0.29) is 11.3 Å². The average molecular weight is 448 g/mol. The van der Waals surface area contributed by atoms with Crippen LogP contribution in [0.25, 0.3) is 5.57 Å². The Bertz CT molecular complexity index is 1030. The summed E-state index contributed by atoms with van der Waals surface area (Å²) in [6.45, 7) is 13.2. The van der Waals surface area contributed by atoms with Crippen LogP contribution in [0.1, 0.15) is 125 Å². The van der Waals surface area contributed by atoms with Crippen LogP contribution in [0.5, 0.6) is 0 Å². The SMILES string of the molecule is CC(C)Cc1ccc(C(O)c2c(C(C)C)nc3c(c2C2=CCCC2)C(O)CC(C)(C)C3)cc1. The highest BCUT2D eigenvalue weighted by molar-refractivity contribution is 5.75. The van der Waals surface area contributed by atoms with E-state index < -0.39 is 12.2 Å². The van der Waals surface area contributed by atoms with Crippen LogP contribution < -0.4 is 0 Å². The van der Waals surface area contributed by atoms with Gasteiger partial charge in [0.05, 0.1) is 6.10 Å². The smallest absolute Gasteiger partial charge is 0.106 e. The molecule has 3 heteroatoms. The van der Waals surface area contributed by atoms with Crippen molar-refractivity contribution in [1.29, 1.82) is 0 Å². The second kappa shape index (κ2) is 9.35. The molecule has 4 rings (SSSR count). The summed E-state index contributed by atoms with van der Waals surface area (Å²) < 4.78 is 0. The fourth-order valence-electron chi connectivity index (χ4n) is 5.76. The molecular formula is C30H41NO2. The molecule has 2 aromatic rings. The largest absolute Gasteiger partial charge is 0.388 e. The Hall–Kier alpha value is -1.97. The molecule has 2 N–H and O–H groups in total. The summed E-state index contributed by atoms with van der Waals surface area (Å²) in [5, 5.41) is 23.1. The fourth-order valence-corrected chi connectivity index (χ4v) is 5.76. The van der Waals surface area contributed by atoms with Crippen LogP contribution in [0.3, 0.4) is 0 Å². The molecule has 2 aliphatic rings. The summed E-state index contributed by atoms with van der Waals surface area (Å²) in [7, 11) is 0. The predicted molar refractivity (Wildman–Crippen MR) is 136 cm³/mol. The molecule has 0 bridgehead atoms. The van der Waals surface area contributed by atoms with Gasteiger partial charge in [-0.2, -0.15) is 0 Å². The van der Waals surface area contributed by atoms with Gasteiger partial charge in [-0.15, -0.1) is 0 Å². The van der Waals surface area contributed by atoms with E-state index in [0.29, 0.717) is 5.92 Å². The number of benzene rings is 1. The number of aliphatic hydroxyl groups excluding tert-OH is 2. The number of allylic oxidation sites excluding steroid dienone is 2. The lowest BCUT2D eigenvalue weighted by Crippen LogP contribution is -2.29. The molecule has 1 heterocycles. The molecule has 0 aliphatic heterocycles. The van der Waals surface area contributed by atoms with Crippen molar-refractivity contribution < 1.29 is 10.2 Å². The lowest BCUT2D eigenvalue weighted by atomic mass is 9.71. The van der Waals surface area contributed by atoms with Crippen molar-refractivity contribution in [3.8, 4) is 0 Å². The Labute approximate surface area is 200 Å². The number of aromatic nitrogens is 1. The fraction of sp³-hybridized carbons (Fsp3) is 0.567. The highest BCUT2D eigenvalue weighted by Crippen LogP contribution is 2.48. The molecule has 1 aromatic carbocycles. The quantitative estimate of drug-likeness (QED) is 0.498. The summed E-state index contributed by atoms with van der Waals surface area (Å²) >= 11 is 0. The van der Waals surface area contributed by atoms with E-state index in [2.05, 4.69) is 71.9 Å². The summed E-state index contributed by atoms with van der Waals surface area (Å²) in [5.41, 5.74) is 8.45. The van der Waals surface area contributed by atoms with E-state index in [1.807, 2.05) is 0 Å². The first-order valence-electron chi connectivity index (χ1n) is 12.8. The minimum absolute atomic E-state index is 0.0152. The molecule has 0 saturated heterocycles. The summed E-state index contributed by atoms with van der Waals surface area (Å²) in [5.74, 6) is 0.785. The third-order valence-electron chi connectivity index (χ3n) is 7.23. The normalized spacial score (nSPS) is 20.8. The van der Waals surface area contributed by atoms with Gasteiger partial charge >= 0.3 is 0 Å². The Morgan fingerprint density at radius 1 is 1.09 bits per heavy atom. The van der Waals surface area contributed by atoms with Gasteiger partial charge in [0.1, 0.15) is 6.10 Å². The van der Waals surface area contributed by atoms with Crippen molar-refractivity contribution in [2.75, 3.05) is 0 Å². The molecule has 0 spiro atoms. The van der Waals surface area contributed by atoms with Gasteiger partial charge in [-0.3, -0.25) is 4.98 Å². The van der Waals surface area contributed by atoms with Gasteiger partial charge in [0.25, 0.3) is 0 Å². The van der Waals surface area contributed by atoms with Gasteiger partial charge in [0.2, 0.25) is 0 Å². The van der Waals surface area contributed by atoms with Gasteiger partial charge in [0.15, 0.2) is 0 Å². The average Bonchev–Trinajstić information content (AvgIpc) is 3.25. The highest BCUT2D eigenvalue weighted by atomic mass is 16.3. The van der Waals surface area contributed by atoms with E-state index in [9.17, 15) is 10.2 Å². The third kappa shape index (κ3) is 4.95.